The van der Waals surface area contributed by atoms with Crippen molar-refractivity contribution in [1.29, 1.82) is 0 Å². The van der Waals surface area contributed by atoms with Crippen molar-refractivity contribution in [2.24, 2.45) is 11.7 Å². The van der Waals surface area contributed by atoms with Gasteiger partial charge in [-0.2, -0.15) is 0 Å². The number of carbonyl (C=O) groups is 1. The number of hydrogen-bond acceptors (Lipinski definition) is 4. The number of amides is 1. The summed E-state index contributed by atoms with van der Waals surface area (Å²) in [5.74, 6) is 0.826. The minimum absolute atomic E-state index is 0. The highest BCUT2D eigenvalue weighted by molar-refractivity contribution is 5.85. The van der Waals surface area contributed by atoms with E-state index >= 15 is 0 Å². The third-order valence-corrected chi connectivity index (χ3v) is 2.99. The molecule has 6 heteroatoms. The van der Waals surface area contributed by atoms with E-state index in [1.807, 2.05) is 38.1 Å². The number of carbonyl (C=O) groups excluding carboxylic acids is 1. The molecule has 120 valence electrons. The van der Waals surface area contributed by atoms with Gasteiger partial charge in [0.2, 0.25) is 5.91 Å². The first kappa shape index (κ1) is 19.7. The van der Waals surface area contributed by atoms with Gasteiger partial charge in [0.05, 0.1) is 26.4 Å². The summed E-state index contributed by atoms with van der Waals surface area (Å²) in [4.78, 5) is 11.6. The number of ether oxygens (including phenoxy) is 2. The molecule has 1 atom stereocenters. The molecule has 0 aromatic heterocycles. The molecule has 3 N–H and O–H groups in total. The maximum Gasteiger partial charge on any atom is 0.237 e. The minimum atomic E-state index is -0.461. The SMILES string of the molecule is COc1ccc(COCCNC(=O)[C@@H](N)C(C)C)cc1.Cl. The Morgan fingerprint density at radius 2 is 1.90 bits per heavy atom. The maximum atomic E-state index is 11.6. The molecule has 0 aliphatic heterocycles. The predicted molar refractivity (Wildman–Crippen MR) is 85.7 cm³/mol. The summed E-state index contributed by atoms with van der Waals surface area (Å²) in [7, 11) is 1.63. The first-order chi connectivity index (χ1) is 9.54. The first-order valence-corrected chi connectivity index (χ1v) is 6.78. The van der Waals surface area contributed by atoms with Crippen LogP contribution in [0.25, 0.3) is 0 Å². The van der Waals surface area contributed by atoms with E-state index in [0.29, 0.717) is 19.8 Å². The second kappa shape index (κ2) is 10.4. The van der Waals surface area contributed by atoms with Gasteiger partial charge in [-0.3, -0.25) is 4.79 Å². The fraction of sp³-hybridized carbons (Fsp3) is 0.533. The number of halogens is 1. The lowest BCUT2D eigenvalue weighted by molar-refractivity contribution is -0.123. The van der Waals surface area contributed by atoms with Crippen LogP contribution in [0.4, 0.5) is 0 Å². The quantitative estimate of drug-likeness (QED) is 0.716. The van der Waals surface area contributed by atoms with E-state index in [0.717, 1.165) is 11.3 Å². The van der Waals surface area contributed by atoms with E-state index in [1.165, 1.54) is 0 Å². The van der Waals surface area contributed by atoms with Crippen LogP contribution in [0.1, 0.15) is 19.4 Å². The van der Waals surface area contributed by atoms with Gasteiger partial charge in [-0.05, 0) is 23.6 Å². The summed E-state index contributed by atoms with van der Waals surface area (Å²) in [6.07, 6.45) is 0. The molecule has 0 spiro atoms. The number of nitrogens with two attached hydrogens (primary N) is 1. The minimum Gasteiger partial charge on any atom is -0.497 e. The predicted octanol–water partition coefficient (Wildman–Crippen LogP) is 1.73. The zero-order valence-electron chi connectivity index (χ0n) is 12.8. The molecule has 1 amide bonds. The van der Waals surface area contributed by atoms with Crippen molar-refractivity contribution in [3.63, 3.8) is 0 Å². The van der Waals surface area contributed by atoms with Gasteiger partial charge in [-0.1, -0.05) is 26.0 Å². The molecule has 1 rings (SSSR count). The molecule has 0 unspecified atom stereocenters. The maximum absolute atomic E-state index is 11.6. The Bertz CT molecular complexity index is 410. The van der Waals surface area contributed by atoms with Crippen molar-refractivity contribution in [2.75, 3.05) is 20.3 Å². The van der Waals surface area contributed by atoms with E-state index in [9.17, 15) is 4.79 Å². The molecule has 0 saturated heterocycles. The number of benzene rings is 1. The van der Waals surface area contributed by atoms with Crippen molar-refractivity contribution in [1.82, 2.24) is 5.32 Å². The molecule has 0 bridgehead atoms. The highest BCUT2D eigenvalue weighted by atomic mass is 35.5. The fourth-order valence-electron chi connectivity index (χ4n) is 1.58. The van der Waals surface area contributed by atoms with E-state index in [4.69, 9.17) is 15.2 Å². The summed E-state index contributed by atoms with van der Waals surface area (Å²) in [5, 5.41) is 2.76. The van der Waals surface area contributed by atoms with Gasteiger partial charge in [-0.15, -0.1) is 12.4 Å². The van der Waals surface area contributed by atoms with E-state index in [2.05, 4.69) is 5.32 Å². The zero-order valence-corrected chi connectivity index (χ0v) is 13.6. The highest BCUT2D eigenvalue weighted by Crippen LogP contribution is 2.11. The molecule has 0 fully saturated rings. The largest absolute Gasteiger partial charge is 0.497 e. The molecule has 0 heterocycles. The molecule has 0 radical (unpaired) electrons. The van der Waals surface area contributed by atoms with Gasteiger partial charge >= 0.3 is 0 Å². The Balaban J connectivity index is 0.00000400. The lowest BCUT2D eigenvalue weighted by atomic mass is 10.1. The van der Waals surface area contributed by atoms with Gasteiger partial charge in [-0.25, -0.2) is 0 Å². The van der Waals surface area contributed by atoms with Crippen molar-refractivity contribution in [2.45, 2.75) is 26.5 Å². The van der Waals surface area contributed by atoms with Crippen LogP contribution in [-0.2, 0) is 16.1 Å². The second-order valence-electron chi connectivity index (χ2n) is 4.96. The molecular weight excluding hydrogens is 292 g/mol. The van der Waals surface area contributed by atoms with Crippen LogP contribution in [-0.4, -0.2) is 32.2 Å². The summed E-state index contributed by atoms with van der Waals surface area (Å²) in [6, 6.07) is 7.22. The standard InChI is InChI=1S/C15H24N2O3.ClH/c1-11(2)14(16)15(18)17-8-9-20-10-12-4-6-13(19-3)7-5-12;/h4-7,11,14H,8-10,16H2,1-3H3,(H,17,18);1H/t14-;/m0./s1. The third kappa shape index (κ3) is 7.32. The molecule has 1 aromatic rings. The fourth-order valence-corrected chi connectivity index (χ4v) is 1.58. The third-order valence-electron chi connectivity index (χ3n) is 2.99. The smallest absolute Gasteiger partial charge is 0.237 e. The molecule has 0 aliphatic carbocycles. The van der Waals surface area contributed by atoms with Crippen molar-refractivity contribution >= 4 is 18.3 Å². The van der Waals surface area contributed by atoms with Crippen molar-refractivity contribution in [3.8, 4) is 5.75 Å². The van der Waals surface area contributed by atoms with E-state index < -0.39 is 6.04 Å². The summed E-state index contributed by atoms with van der Waals surface area (Å²) in [5.41, 5.74) is 6.79. The van der Waals surface area contributed by atoms with Crippen molar-refractivity contribution < 1.29 is 14.3 Å². The number of rotatable bonds is 8. The van der Waals surface area contributed by atoms with Gasteiger partial charge < -0.3 is 20.5 Å². The Hall–Kier alpha value is -1.30. The molecule has 5 nitrogen and oxygen atoms in total. The molecule has 21 heavy (non-hydrogen) atoms. The van der Waals surface area contributed by atoms with Gasteiger partial charge in [0.1, 0.15) is 5.75 Å². The average molecular weight is 317 g/mol. The van der Waals surface area contributed by atoms with E-state index in [1.54, 1.807) is 7.11 Å². The zero-order chi connectivity index (χ0) is 15.0. The van der Waals surface area contributed by atoms with Crippen LogP contribution in [0.5, 0.6) is 5.75 Å². The van der Waals surface area contributed by atoms with Gasteiger partial charge in [0.25, 0.3) is 0 Å². The van der Waals surface area contributed by atoms with Crippen LogP contribution < -0.4 is 15.8 Å². The normalized spacial score (nSPS) is 11.7. The Kier molecular flexibility index (Phi) is 9.78. The molecule has 0 saturated carbocycles. The topological polar surface area (TPSA) is 73.6 Å². The highest BCUT2D eigenvalue weighted by Gasteiger charge is 2.15. The summed E-state index contributed by atoms with van der Waals surface area (Å²) in [6.45, 7) is 5.28. The Morgan fingerprint density at radius 1 is 1.29 bits per heavy atom. The Labute approximate surface area is 132 Å². The lowest BCUT2D eigenvalue weighted by Crippen LogP contribution is -2.44. The average Bonchev–Trinajstić information content (AvgIpc) is 2.46. The summed E-state index contributed by atoms with van der Waals surface area (Å²) < 4.78 is 10.6. The molecular formula is C15H25ClN2O3. The van der Waals surface area contributed by atoms with E-state index in [-0.39, 0.29) is 24.2 Å². The Morgan fingerprint density at radius 3 is 2.43 bits per heavy atom. The van der Waals surface area contributed by atoms with Crippen LogP contribution in [0.15, 0.2) is 24.3 Å². The number of methoxy groups -OCH3 is 1. The first-order valence-electron chi connectivity index (χ1n) is 6.78. The van der Waals surface area contributed by atoms with Crippen LogP contribution in [0.2, 0.25) is 0 Å². The van der Waals surface area contributed by atoms with Crippen LogP contribution in [0, 0.1) is 5.92 Å². The number of nitrogens with one attached hydrogen (secondary N) is 1. The monoisotopic (exact) mass is 316 g/mol. The lowest BCUT2D eigenvalue weighted by Gasteiger charge is -2.15. The second-order valence-corrected chi connectivity index (χ2v) is 4.96. The van der Waals surface area contributed by atoms with Crippen LogP contribution in [0.3, 0.4) is 0 Å². The van der Waals surface area contributed by atoms with Crippen LogP contribution >= 0.6 is 12.4 Å². The van der Waals surface area contributed by atoms with Crippen molar-refractivity contribution in [3.05, 3.63) is 29.8 Å². The number of hydrogen-bond donors (Lipinski definition) is 2. The molecule has 0 aliphatic rings. The molecule has 1 aromatic carbocycles. The van der Waals surface area contributed by atoms with Gasteiger partial charge in [0.15, 0.2) is 0 Å². The van der Waals surface area contributed by atoms with Gasteiger partial charge in [0, 0.05) is 6.54 Å². The summed E-state index contributed by atoms with van der Waals surface area (Å²) >= 11 is 0.